The summed E-state index contributed by atoms with van der Waals surface area (Å²) in [6, 6.07) is 0. The van der Waals surface area contributed by atoms with Crippen molar-refractivity contribution in [1.29, 1.82) is 0 Å². The van der Waals surface area contributed by atoms with E-state index in [4.69, 9.17) is 10.2 Å². The molecule has 0 saturated carbocycles. The zero-order valence-corrected chi connectivity index (χ0v) is 5.93. The lowest BCUT2D eigenvalue weighted by atomic mass is 9.94. The first-order valence-corrected chi connectivity index (χ1v) is 3.46. The van der Waals surface area contributed by atoms with Crippen LogP contribution in [-0.2, 0) is 0 Å². The van der Waals surface area contributed by atoms with Crippen LogP contribution in [0.15, 0.2) is 0 Å². The second kappa shape index (κ2) is 3.00. The molecule has 0 amide bonds. The molecule has 2 atom stereocenters. The van der Waals surface area contributed by atoms with Crippen molar-refractivity contribution in [3.63, 3.8) is 0 Å². The molecule has 0 spiro atoms. The van der Waals surface area contributed by atoms with E-state index in [1.807, 2.05) is 0 Å². The van der Waals surface area contributed by atoms with E-state index in [1.165, 1.54) is 0 Å². The predicted molar refractivity (Wildman–Crippen MR) is 34.4 cm³/mol. The van der Waals surface area contributed by atoms with Gasteiger partial charge in [0.15, 0.2) is 0 Å². The van der Waals surface area contributed by atoms with Crippen LogP contribution in [-0.4, -0.2) is 41.9 Å². The molecule has 66 valence electrons. The Labute approximate surface area is 63.0 Å². The lowest BCUT2D eigenvalue weighted by Gasteiger charge is -2.34. The molecule has 1 heterocycles. The molecule has 1 fully saturated rings. The Kier molecular flexibility index (Phi) is 2.41. The Balaban J connectivity index is 2.64. The van der Waals surface area contributed by atoms with Gasteiger partial charge in [-0.2, -0.15) is 0 Å². The lowest BCUT2D eigenvalue weighted by Crippen LogP contribution is -2.56. The highest BCUT2D eigenvalue weighted by atomic mass is 19.3. The second-order valence-electron chi connectivity index (χ2n) is 2.73. The van der Waals surface area contributed by atoms with Gasteiger partial charge in [0.2, 0.25) is 0 Å². The van der Waals surface area contributed by atoms with E-state index < -0.39 is 24.6 Å². The number of aliphatic hydroxyl groups is 2. The largest absolute Gasteiger partial charge is 0.396 e. The first-order chi connectivity index (χ1) is 5.09. The van der Waals surface area contributed by atoms with E-state index in [0.717, 1.165) is 0 Å². The van der Waals surface area contributed by atoms with Crippen molar-refractivity contribution >= 4 is 0 Å². The first-order valence-electron chi connectivity index (χ1n) is 3.46. The molecule has 1 saturated heterocycles. The van der Waals surface area contributed by atoms with Crippen LogP contribution in [0.1, 0.15) is 0 Å². The van der Waals surface area contributed by atoms with Crippen molar-refractivity contribution in [1.82, 2.24) is 5.32 Å². The van der Waals surface area contributed by atoms with Crippen molar-refractivity contribution in [2.75, 3.05) is 19.7 Å². The number of piperidine rings is 1. The molecular weight excluding hydrogens is 156 g/mol. The molecule has 3 N–H and O–H groups in total. The van der Waals surface area contributed by atoms with E-state index in [-0.39, 0.29) is 13.1 Å². The van der Waals surface area contributed by atoms with E-state index in [1.54, 1.807) is 0 Å². The fourth-order valence-electron chi connectivity index (χ4n) is 1.12. The van der Waals surface area contributed by atoms with Crippen LogP contribution in [0.25, 0.3) is 0 Å². The van der Waals surface area contributed by atoms with Crippen LogP contribution < -0.4 is 5.32 Å². The number of nitrogens with one attached hydrogen (secondary N) is 1. The SMILES string of the molecule is OC[C@H]1CNC[C@H](O)C1(F)F. The van der Waals surface area contributed by atoms with Crippen LogP contribution in [0.5, 0.6) is 0 Å². The lowest BCUT2D eigenvalue weighted by molar-refractivity contribution is -0.168. The average Bonchev–Trinajstić information content (AvgIpc) is 1.95. The fourth-order valence-corrected chi connectivity index (χ4v) is 1.12. The molecule has 0 aromatic carbocycles. The minimum Gasteiger partial charge on any atom is -0.396 e. The van der Waals surface area contributed by atoms with Crippen molar-refractivity contribution < 1.29 is 19.0 Å². The van der Waals surface area contributed by atoms with Gasteiger partial charge in [0.05, 0.1) is 12.5 Å². The summed E-state index contributed by atoms with van der Waals surface area (Å²) >= 11 is 0. The summed E-state index contributed by atoms with van der Waals surface area (Å²) < 4.78 is 25.6. The molecule has 5 heteroatoms. The highest BCUT2D eigenvalue weighted by molar-refractivity contribution is 4.90. The van der Waals surface area contributed by atoms with E-state index in [0.29, 0.717) is 0 Å². The maximum Gasteiger partial charge on any atom is 0.280 e. The maximum absolute atomic E-state index is 12.8. The molecule has 1 aliphatic heterocycles. The minimum absolute atomic E-state index is 0.0561. The van der Waals surface area contributed by atoms with Crippen LogP contribution in [0, 0.1) is 5.92 Å². The number of halogens is 2. The summed E-state index contributed by atoms with van der Waals surface area (Å²) in [4.78, 5) is 0. The molecule has 3 nitrogen and oxygen atoms in total. The third-order valence-corrected chi connectivity index (χ3v) is 1.94. The van der Waals surface area contributed by atoms with Gasteiger partial charge in [-0.3, -0.25) is 0 Å². The molecule has 0 bridgehead atoms. The van der Waals surface area contributed by atoms with Crippen molar-refractivity contribution in [3.8, 4) is 0 Å². The molecule has 0 radical (unpaired) electrons. The van der Waals surface area contributed by atoms with E-state index >= 15 is 0 Å². The Bertz CT molecular complexity index is 143. The minimum atomic E-state index is -3.15. The Hall–Kier alpha value is -0.260. The number of aliphatic hydroxyl groups excluding tert-OH is 2. The van der Waals surface area contributed by atoms with Gasteiger partial charge in [-0.15, -0.1) is 0 Å². The van der Waals surface area contributed by atoms with Gasteiger partial charge in [0, 0.05) is 13.1 Å². The molecule has 0 aliphatic carbocycles. The average molecular weight is 167 g/mol. The number of rotatable bonds is 1. The van der Waals surface area contributed by atoms with Crippen LogP contribution >= 0.6 is 0 Å². The number of alkyl halides is 2. The summed E-state index contributed by atoms with van der Waals surface area (Å²) in [5, 5.41) is 19.9. The first kappa shape index (κ1) is 8.83. The third-order valence-electron chi connectivity index (χ3n) is 1.94. The molecular formula is C6H11F2NO2. The molecule has 0 aromatic rings. The monoisotopic (exact) mass is 167 g/mol. The molecule has 0 unspecified atom stereocenters. The van der Waals surface area contributed by atoms with Gasteiger partial charge in [0.25, 0.3) is 5.92 Å². The fraction of sp³-hybridized carbons (Fsp3) is 1.00. The summed E-state index contributed by atoms with van der Waals surface area (Å²) in [6.07, 6.45) is -1.67. The molecule has 1 rings (SSSR count). The topological polar surface area (TPSA) is 52.5 Å². The third kappa shape index (κ3) is 1.50. The van der Waals surface area contributed by atoms with Gasteiger partial charge in [-0.05, 0) is 0 Å². The number of hydrogen-bond acceptors (Lipinski definition) is 3. The van der Waals surface area contributed by atoms with E-state index in [9.17, 15) is 8.78 Å². The highest BCUT2D eigenvalue weighted by Gasteiger charge is 2.48. The highest BCUT2D eigenvalue weighted by Crippen LogP contribution is 2.30. The zero-order valence-electron chi connectivity index (χ0n) is 5.93. The summed E-state index contributed by atoms with van der Waals surface area (Å²) in [7, 11) is 0. The van der Waals surface area contributed by atoms with E-state index in [2.05, 4.69) is 5.32 Å². The quantitative estimate of drug-likeness (QED) is 0.479. The van der Waals surface area contributed by atoms with Crippen LogP contribution in [0.4, 0.5) is 8.78 Å². The Morgan fingerprint density at radius 2 is 2.09 bits per heavy atom. The molecule has 0 aromatic heterocycles. The maximum atomic E-state index is 12.8. The summed E-state index contributed by atoms with van der Waals surface area (Å²) in [6.45, 7) is -0.652. The van der Waals surface area contributed by atoms with Crippen LogP contribution in [0.2, 0.25) is 0 Å². The van der Waals surface area contributed by atoms with Gasteiger partial charge in [-0.25, -0.2) is 8.78 Å². The van der Waals surface area contributed by atoms with Gasteiger partial charge in [0.1, 0.15) is 6.10 Å². The van der Waals surface area contributed by atoms with Gasteiger partial charge in [-0.1, -0.05) is 0 Å². The van der Waals surface area contributed by atoms with Gasteiger partial charge < -0.3 is 15.5 Å². The van der Waals surface area contributed by atoms with Crippen molar-refractivity contribution in [2.45, 2.75) is 12.0 Å². The van der Waals surface area contributed by atoms with Crippen LogP contribution in [0.3, 0.4) is 0 Å². The number of hydrogen-bond donors (Lipinski definition) is 3. The smallest absolute Gasteiger partial charge is 0.280 e. The molecule has 1 aliphatic rings. The Morgan fingerprint density at radius 1 is 1.45 bits per heavy atom. The van der Waals surface area contributed by atoms with Crippen molar-refractivity contribution in [3.05, 3.63) is 0 Å². The summed E-state index contributed by atoms with van der Waals surface area (Å²) in [5.41, 5.74) is 0. The zero-order chi connectivity index (χ0) is 8.48. The normalized spacial score (nSPS) is 37.1. The number of β-amino-alcohol motifs (C(OH)–C–C–N with tert-alkyl or cyclic N) is 1. The predicted octanol–water partition coefficient (Wildman–Crippen LogP) is -0.806. The molecule has 11 heavy (non-hydrogen) atoms. The summed E-state index contributed by atoms with van der Waals surface area (Å²) in [5.74, 6) is -4.31. The standard InChI is InChI=1S/C6H11F2NO2/c7-6(8)4(3-10)1-9-2-5(6)11/h4-5,9-11H,1-3H2/t4-,5+/m1/s1. The Morgan fingerprint density at radius 3 is 2.55 bits per heavy atom. The second-order valence-corrected chi connectivity index (χ2v) is 2.73. The van der Waals surface area contributed by atoms with Gasteiger partial charge >= 0.3 is 0 Å². The van der Waals surface area contributed by atoms with Crippen molar-refractivity contribution in [2.24, 2.45) is 5.92 Å².